The first-order valence-corrected chi connectivity index (χ1v) is 5.03. The van der Waals surface area contributed by atoms with Gasteiger partial charge in [0, 0.05) is 6.61 Å². The zero-order chi connectivity index (χ0) is 10.8. The Morgan fingerprint density at radius 3 is 2.07 bits per heavy atom. The number of aliphatic hydroxyl groups is 1. The summed E-state index contributed by atoms with van der Waals surface area (Å²) in [4.78, 5) is 0. The van der Waals surface area contributed by atoms with Crippen LogP contribution in [0.3, 0.4) is 0 Å². The molecule has 0 bridgehead atoms. The van der Waals surface area contributed by atoms with Crippen LogP contribution in [0, 0.1) is 0 Å². The number of hydrogen-bond donors (Lipinski definition) is 1. The normalized spacial score (nSPS) is 9.21. The van der Waals surface area contributed by atoms with Crippen molar-refractivity contribution in [3.63, 3.8) is 0 Å². The van der Waals surface area contributed by atoms with Crippen molar-refractivity contribution in [2.45, 2.75) is 33.3 Å². The molecule has 2 nitrogen and oxygen atoms in total. The van der Waals surface area contributed by atoms with Crippen LogP contribution in [0.4, 0.5) is 0 Å². The number of rotatable bonds is 3. The zero-order valence-electron chi connectivity index (χ0n) is 9.23. The molecule has 1 aromatic carbocycles. The van der Waals surface area contributed by atoms with Gasteiger partial charge in [-0.05, 0) is 32.4 Å². The molecule has 0 unspecified atom stereocenters. The smallest absolute Gasteiger partial charge is 0.119 e. The van der Waals surface area contributed by atoms with Gasteiger partial charge in [0.2, 0.25) is 0 Å². The van der Waals surface area contributed by atoms with Crippen LogP contribution in [-0.4, -0.2) is 17.8 Å². The number of ether oxygens (including phenoxy) is 1. The highest BCUT2D eigenvalue weighted by Crippen LogP contribution is 2.09. The van der Waals surface area contributed by atoms with Gasteiger partial charge in [0.1, 0.15) is 5.75 Å². The largest absolute Gasteiger partial charge is 0.491 e. The maximum atomic E-state index is 7.88. The number of hydrogen-bond acceptors (Lipinski definition) is 2. The first-order valence-electron chi connectivity index (χ1n) is 5.03. The van der Waals surface area contributed by atoms with Gasteiger partial charge >= 0.3 is 0 Å². The van der Waals surface area contributed by atoms with Crippen molar-refractivity contribution in [2.24, 2.45) is 0 Å². The first-order chi connectivity index (χ1) is 6.70. The van der Waals surface area contributed by atoms with E-state index in [0.29, 0.717) is 6.61 Å². The molecule has 0 saturated heterocycles. The van der Waals surface area contributed by atoms with Crippen LogP contribution in [0.15, 0.2) is 30.3 Å². The molecule has 1 aromatic rings. The van der Waals surface area contributed by atoms with Crippen molar-refractivity contribution >= 4 is 0 Å². The third-order valence-electron chi connectivity index (χ3n) is 1.34. The van der Waals surface area contributed by atoms with Crippen LogP contribution < -0.4 is 4.74 Å². The van der Waals surface area contributed by atoms with Crippen molar-refractivity contribution < 1.29 is 9.84 Å². The van der Waals surface area contributed by atoms with E-state index in [9.17, 15) is 0 Å². The molecule has 14 heavy (non-hydrogen) atoms. The van der Waals surface area contributed by atoms with Crippen molar-refractivity contribution in [1.29, 1.82) is 0 Å². The molecule has 0 aliphatic rings. The second-order valence-electron chi connectivity index (χ2n) is 3.20. The molecule has 0 spiro atoms. The zero-order valence-corrected chi connectivity index (χ0v) is 9.23. The summed E-state index contributed by atoms with van der Waals surface area (Å²) in [6.07, 6.45) is 1.14. The second-order valence-corrected chi connectivity index (χ2v) is 3.20. The Labute approximate surface area is 86.5 Å². The van der Waals surface area contributed by atoms with E-state index >= 15 is 0 Å². The Morgan fingerprint density at radius 2 is 1.71 bits per heavy atom. The lowest BCUT2D eigenvalue weighted by Crippen LogP contribution is -2.04. The quantitative estimate of drug-likeness (QED) is 0.805. The molecular formula is C12H20O2. The third kappa shape index (κ3) is 7.62. The summed E-state index contributed by atoms with van der Waals surface area (Å²) in [6, 6.07) is 9.84. The molecule has 0 aromatic heterocycles. The molecule has 80 valence electrons. The Hall–Kier alpha value is -1.02. The van der Waals surface area contributed by atoms with Crippen molar-refractivity contribution in [3.8, 4) is 5.75 Å². The fourth-order valence-electron chi connectivity index (χ4n) is 0.771. The summed E-state index contributed by atoms with van der Waals surface area (Å²) >= 11 is 0. The Bertz CT molecular complexity index is 205. The molecule has 2 heteroatoms. The monoisotopic (exact) mass is 196 g/mol. The van der Waals surface area contributed by atoms with Crippen LogP contribution >= 0.6 is 0 Å². The van der Waals surface area contributed by atoms with Crippen molar-refractivity contribution in [2.75, 3.05) is 6.61 Å². The van der Waals surface area contributed by atoms with Gasteiger partial charge < -0.3 is 9.84 Å². The summed E-state index contributed by atoms with van der Waals surface area (Å²) in [5, 5.41) is 7.88. The number of aliphatic hydroxyl groups excluding tert-OH is 1. The van der Waals surface area contributed by atoms with E-state index in [4.69, 9.17) is 9.84 Å². The van der Waals surface area contributed by atoms with E-state index in [1.165, 1.54) is 0 Å². The topological polar surface area (TPSA) is 29.5 Å². The minimum atomic E-state index is 0.266. The standard InChI is InChI=1S/C9H12O.C3H8O/c1-8(2)10-9-6-4-3-5-7-9;1-2-3-4/h3-8H,1-2H3;4H,2-3H2,1H3. The van der Waals surface area contributed by atoms with E-state index in [2.05, 4.69) is 0 Å². The average molecular weight is 196 g/mol. The molecule has 1 rings (SSSR count). The second kappa shape index (κ2) is 8.57. The van der Waals surface area contributed by atoms with Crippen LogP contribution in [-0.2, 0) is 0 Å². The highest BCUT2D eigenvalue weighted by molar-refractivity contribution is 5.20. The summed E-state index contributed by atoms with van der Waals surface area (Å²) in [7, 11) is 0. The molecule has 0 fully saturated rings. The molecule has 0 atom stereocenters. The minimum absolute atomic E-state index is 0.266. The SMILES string of the molecule is CC(C)Oc1ccccc1.CCCO. The van der Waals surface area contributed by atoms with E-state index in [1.54, 1.807) is 0 Å². The number of benzene rings is 1. The van der Waals surface area contributed by atoms with Gasteiger partial charge in [0.25, 0.3) is 0 Å². The summed E-state index contributed by atoms with van der Waals surface area (Å²) in [5.74, 6) is 0.942. The van der Waals surface area contributed by atoms with Crippen molar-refractivity contribution in [1.82, 2.24) is 0 Å². The van der Waals surface area contributed by atoms with E-state index in [-0.39, 0.29) is 6.10 Å². The van der Waals surface area contributed by atoms with Gasteiger partial charge in [-0.3, -0.25) is 0 Å². The van der Waals surface area contributed by atoms with Gasteiger partial charge in [-0.25, -0.2) is 0 Å². The summed E-state index contributed by atoms with van der Waals surface area (Å²) < 4.78 is 5.41. The molecule has 0 saturated carbocycles. The van der Waals surface area contributed by atoms with Crippen molar-refractivity contribution in [3.05, 3.63) is 30.3 Å². The van der Waals surface area contributed by atoms with Gasteiger partial charge in [-0.2, -0.15) is 0 Å². The number of para-hydroxylation sites is 1. The lowest BCUT2D eigenvalue weighted by atomic mass is 10.3. The highest BCUT2D eigenvalue weighted by atomic mass is 16.5. The fourth-order valence-corrected chi connectivity index (χ4v) is 0.771. The van der Waals surface area contributed by atoms with Gasteiger partial charge in [0.15, 0.2) is 0 Å². The molecule has 0 heterocycles. The molecular weight excluding hydrogens is 176 g/mol. The lowest BCUT2D eigenvalue weighted by Gasteiger charge is -2.07. The lowest BCUT2D eigenvalue weighted by molar-refractivity contribution is 0.242. The molecule has 0 aliphatic carbocycles. The summed E-state index contributed by atoms with van der Waals surface area (Å²) in [5.41, 5.74) is 0. The minimum Gasteiger partial charge on any atom is -0.491 e. The highest BCUT2D eigenvalue weighted by Gasteiger charge is 1.92. The predicted octanol–water partition coefficient (Wildman–Crippen LogP) is 2.86. The Morgan fingerprint density at radius 1 is 1.21 bits per heavy atom. The van der Waals surface area contributed by atoms with Crippen LogP contribution in [0.5, 0.6) is 5.75 Å². The Kier molecular flexibility index (Phi) is 7.95. The van der Waals surface area contributed by atoms with E-state index in [1.807, 2.05) is 51.1 Å². The Balaban J connectivity index is 0.000000364. The maximum absolute atomic E-state index is 7.88. The molecule has 0 aliphatic heterocycles. The average Bonchev–Trinajstić information content (AvgIpc) is 2.19. The van der Waals surface area contributed by atoms with Crippen LogP contribution in [0.1, 0.15) is 27.2 Å². The van der Waals surface area contributed by atoms with Gasteiger partial charge in [-0.1, -0.05) is 25.1 Å². The van der Waals surface area contributed by atoms with Crippen LogP contribution in [0.25, 0.3) is 0 Å². The van der Waals surface area contributed by atoms with Gasteiger partial charge in [0.05, 0.1) is 6.10 Å². The molecule has 1 N–H and O–H groups in total. The van der Waals surface area contributed by atoms with E-state index < -0.39 is 0 Å². The van der Waals surface area contributed by atoms with E-state index in [0.717, 1.165) is 12.2 Å². The molecule has 0 radical (unpaired) electrons. The van der Waals surface area contributed by atoms with Crippen LogP contribution in [0.2, 0.25) is 0 Å². The third-order valence-corrected chi connectivity index (χ3v) is 1.34. The molecule has 0 amide bonds. The fraction of sp³-hybridized carbons (Fsp3) is 0.500. The van der Waals surface area contributed by atoms with Gasteiger partial charge in [-0.15, -0.1) is 0 Å². The predicted molar refractivity (Wildman–Crippen MR) is 59.6 cm³/mol. The maximum Gasteiger partial charge on any atom is 0.119 e. The first kappa shape index (κ1) is 13.0. The summed E-state index contributed by atoms with van der Waals surface area (Å²) in [6.45, 7) is 6.29.